The average molecular weight is 221 g/mol. The van der Waals surface area contributed by atoms with Gasteiger partial charge in [-0.25, -0.2) is 4.98 Å². The SMILES string of the molecule is CCNCC1CCCC1Cc1nccn1C. The number of nitrogens with one attached hydrogen (secondary N) is 1. The van der Waals surface area contributed by atoms with Crippen molar-refractivity contribution in [3.05, 3.63) is 18.2 Å². The number of nitrogens with zero attached hydrogens (tertiary/aromatic N) is 2. The molecule has 0 radical (unpaired) electrons. The van der Waals surface area contributed by atoms with Crippen molar-refractivity contribution in [1.29, 1.82) is 0 Å². The van der Waals surface area contributed by atoms with Gasteiger partial charge in [0.2, 0.25) is 0 Å². The highest BCUT2D eigenvalue weighted by molar-refractivity contribution is 4.95. The van der Waals surface area contributed by atoms with E-state index in [4.69, 9.17) is 0 Å². The second-order valence-corrected chi connectivity index (χ2v) is 4.92. The van der Waals surface area contributed by atoms with Gasteiger partial charge in [-0.2, -0.15) is 0 Å². The third-order valence-corrected chi connectivity index (χ3v) is 3.84. The van der Waals surface area contributed by atoms with E-state index in [0.717, 1.165) is 24.8 Å². The molecule has 0 amide bonds. The third-order valence-electron chi connectivity index (χ3n) is 3.84. The maximum atomic E-state index is 4.44. The highest BCUT2D eigenvalue weighted by Gasteiger charge is 2.27. The van der Waals surface area contributed by atoms with E-state index in [2.05, 4.69) is 28.8 Å². The van der Waals surface area contributed by atoms with Crippen LogP contribution in [0.4, 0.5) is 0 Å². The van der Waals surface area contributed by atoms with Gasteiger partial charge in [0.1, 0.15) is 5.82 Å². The molecule has 1 aromatic heterocycles. The Bertz CT molecular complexity index is 319. The number of rotatable bonds is 5. The predicted octanol–water partition coefficient (Wildman–Crippen LogP) is 1.99. The molecule has 1 aromatic rings. The predicted molar refractivity (Wildman–Crippen MR) is 66.3 cm³/mol. The van der Waals surface area contributed by atoms with Crippen molar-refractivity contribution in [3.63, 3.8) is 0 Å². The Kier molecular flexibility index (Phi) is 3.99. The van der Waals surface area contributed by atoms with E-state index in [1.54, 1.807) is 0 Å². The summed E-state index contributed by atoms with van der Waals surface area (Å²) >= 11 is 0. The normalized spacial score (nSPS) is 25.1. The molecule has 1 aliphatic rings. The maximum absolute atomic E-state index is 4.44. The molecule has 0 saturated heterocycles. The summed E-state index contributed by atoms with van der Waals surface area (Å²) in [5.41, 5.74) is 0. The van der Waals surface area contributed by atoms with Gasteiger partial charge in [0.15, 0.2) is 0 Å². The van der Waals surface area contributed by atoms with Crippen LogP contribution >= 0.6 is 0 Å². The van der Waals surface area contributed by atoms with Gasteiger partial charge in [-0.3, -0.25) is 0 Å². The Morgan fingerprint density at radius 2 is 2.25 bits per heavy atom. The number of hydrogen-bond acceptors (Lipinski definition) is 2. The van der Waals surface area contributed by atoms with Gasteiger partial charge in [0.25, 0.3) is 0 Å². The van der Waals surface area contributed by atoms with Crippen LogP contribution in [0.15, 0.2) is 12.4 Å². The molecule has 1 heterocycles. The van der Waals surface area contributed by atoms with E-state index in [1.165, 1.54) is 31.6 Å². The van der Waals surface area contributed by atoms with E-state index in [9.17, 15) is 0 Å². The summed E-state index contributed by atoms with van der Waals surface area (Å²) in [5.74, 6) is 2.94. The minimum absolute atomic E-state index is 0.833. The van der Waals surface area contributed by atoms with E-state index >= 15 is 0 Å². The second-order valence-electron chi connectivity index (χ2n) is 4.92. The zero-order valence-corrected chi connectivity index (χ0v) is 10.4. The van der Waals surface area contributed by atoms with E-state index in [0.29, 0.717) is 0 Å². The smallest absolute Gasteiger partial charge is 0.108 e. The lowest BCUT2D eigenvalue weighted by atomic mass is 9.92. The average Bonchev–Trinajstić information content (AvgIpc) is 2.87. The fourth-order valence-electron chi connectivity index (χ4n) is 2.81. The van der Waals surface area contributed by atoms with Crippen molar-refractivity contribution >= 4 is 0 Å². The fourth-order valence-corrected chi connectivity index (χ4v) is 2.81. The number of aromatic nitrogens is 2. The van der Waals surface area contributed by atoms with Crippen LogP contribution in [0.2, 0.25) is 0 Å². The summed E-state index contributed by atoms with van der Waals surface area (Å²) in [6.45, 7) is 4.46. The van der Waals surface area contributed by atoms with E-state index < -0.39 is 0 Å². The van der Waals surface area contributed by atoms with Crippen molar-refractivity contribution in [2.24, 2.45) is 18.9 Å². The third kappa shape index (κ3) is 2.64. The molecule has 1 N–H and O–H groups in total. The molecule has 1 fully saturated rings. The molecule has 3 heteroatoms. The molecular weight excluding hydrogens is 198 g/mol. The molecule has 3 nitrogen and oxygen atoms in total. The van der Waals surface area contributed by atoms with Gasteiger partial charge in [-0.1, -0.05) is 13.3 Å². The summed E-state index contributed by atoms with van der Waals surface area (Å²) < 4.78 is 2.16. The minimum Gasteiger partial charge on any atom is -0.338 e. The van der Waals surface area contributed by atoms with E-state index in [-0.39, 0.29) is 0 Å². The summed E-state index contributed by atoms with van der Waals surface area (Å²) in [6, 6.07) is 0. The first kappa shape index (κ1) is 11.6. The molecule has 16 heavy (non-hydrogen) atoms. The van der Waals surface area contributed by atoms with Gasteiger partial charge in [-0.05, 0) is 37.8 Å². The Balaban J connectivity index is 1.91. The molecule has 2 rings (SSSR count). The zero-order valence-electron chi connectivity index (χ0n) is 10.4. The van der Waals surface area contributed by atoms with Crippen molar-refractivity contribution in [1.82, 2.24) is 14.9 Å². The van der Waals surface area contributed by atoms with Crippen LogP contribution in [0, 0.1) is 11.8 Å². The van der Waals surface area contributed by atoms with Crippen LogP contribution in [-0.2, 0) is 13.5 Å². The molecule has 90 valence electrons. The molecule has 0 bridgehead atoms. The Morgan fingerprint density at radius 3 is 2.94 bits per heavy atom. The summed E-state index contributed by atoms with van der Waals surface area (Å²) in [6.07, 6.45) is 9.27. The first-order valence-electron chi connectivity index (χ1n) is 6.48. The van der Waals surface area contributed by atoms with Crippen LogP contribution in [0.1, 0.15) is 32.0 Å². The number of aryl methyl sites for hydroxylation is 1. The van der Waals surface area contributed by atoms with Crippen molar-refractivity contribution in [2.75, 3.05) is 13.1 Å². The van der Waals surface area contributed by atoms with Crippen LogP contribution < -0.4 is 5.32 Å². The molecule has 0 aliphatic heterocycles. The van der Waals surface area contributed by atoms with Crippen LogP contribution in [0.25, 0.3) is 0 Å². The van der Waals surface area contributed by atoms with Gasteiger partial charge in [0, 0.05) is 25.9 Å². The quantitative estimate of drug-likeness (QED) is 0.824. The first-order valence-corrected chi connectivity index (χ1v) is 6.48. The highest BCUT2D eigenvalue weighted by Crippen LogP contribution is 2.33. The monoisotopic (exact) mass is 221 g/mol. The number of imidazole rings is 1. The maximum Gasteiger partial charge on any atom is 0.108 e. The first-order chi connectivity index (χ1) is 7.81. The topological polar surface area (TPSA) is 29.9 Å². The lowest BCUT2D eigenvalue weighted by Gasteiger charge is -2.19. The molecule has 1 aliphatic carbocycles. The van der Waals surface area contributed by atoms with Crippen molar-refractivity contribution < 1.29 is 0 Å². The van der Waals surface area contributed by atoms with Crippen molar-refractivity contribution in [3.8, 4) is 0 Å². The van der Waals surface area contributed by atoms with Crippen LogP contribution in [0.3, 0.4) is 0 Å². The zero-order chi connectivity index (χ0) is 11.4. The van der Waals surface area contributed by atoms with Gasteiger partial charge in [0.05, 0.1) is 0 Å². The summed E-state index contributed by atoms with van der Waals surface area (Å²) in [7, 11) is 2.09. The lowest BCUT2D eigenvalue weighted by molar-refractivity contribution is 0.360. The fraction of sp³-hybridized carbons (Fsp3) is 0.769. The molecule has 2 unspecified atom stereocenters. The van der Waals surface area contributed by atoms with Gasteiger partial charge >= 0.3 is 0 Å². The summed E-state index contributed by atoms with van der Waals surface area (Å²) in [4.78, 5) is 4.44. The molecule has 2 atom stereocenters. The standard InChI is InChI=1S/C13H23N3/c1-3-14-10-12-6-4-5-11(12)9-13-15-7-8-16(13)2/h7-8,11-12,14H,3-6,9-10H2,1-2H3. The van der Waals surface area contributed by atoms with Crippen LogP contribution in [0.5, 0.6) is 0 Å². The Labute approximate surface area is 98.3 Å². The Morgan fingerprint density at radius 1 is 1.44 bits per heavy atom. The van der Waals surface area contributed by atoms with Crippen molar-refractivity contribution in [2.45, 2.75) is 32.6 Å². The number of hydrogen-bond donors (Lipinski definition) is 1. The Hall–Kier alpha value is -0.830. The van der Waals surface area contributed by atoms with Gasteiger partial charge in [-0.15, -0.1) is 0 Å². The minimum atomic E-state index is 0.833. The molecule has 0 spiro atoms. The molecule has 1 saturated carbocycles. The highest BCUT2D eigenvalue weighted by atomic mass is 15.0. The van der Waals surface area contributed by atoms with Crippen LogP contribution in [-0.4, -0.2) is 22.6 Å². The van der Waals surface area contributed by atoms with E-state index in [1.807, 2.05) is 12.4 Å². The van der Waals surface area contributed by atoms with Gasteiger partial charge < -0.3 is 9.88 Å². The largest absolute Gasteiger partial charge is 0.338 e. The lowest BCUT2D eigenvalue weighted by Crippen LogP contribution is -2.26. The molecular formula is C13H23N3. The second kappa shape index (κ2) is 5.48. The summed E-state index contributed by atoms with van der Waals surface area (Å²) in [5, 5.41) is 3.49. The molecule has 0 aromatic carbocycles.